The van der Waals surface area contributed by atoms with E-state index in [1.54, 1.807) is 53.8 Å². The van der Waals surface area contributed by atoms with Crippen LogP contribution in [0.3, 0.4) is 0 Å². The summed E-state index contributed by atoms with van der Waals surface area (Å²) in [7, 11) is 0. The maximum Gasteiger partial charge on any atom is 0.274 e. The first-order chi connectivity index (χ1) is 14.2. The molecule has 1 aromatic carbocycles. The van der Waals surface area contributed by atoms with Crippen LogP contribution >= 0.6 is 0 Å². The molecule has 0 unspecified atom stereocenters. The van der Waals surface area contributed by atoms with E-state index >= 15 is 0 Å². The number of anilines is 1. The fraction of sp³-hybridized carbons (Fsp3) is 0.136. The summed E-state index contributed by atoms with van der Waals surface area (Å²) in [5, 5.41) is 18.8. The van der Waals surface area contributed by atoms with Crippen LogP contribution in [0.5, 0.6) is 0 Å². The Morgan fingerprint density at radius 1 is 1.10 bits per heavy atom. The highest BCUT2D eigenvalue weighted by atomic mass is 16.1. The second-order valence-corrected chi connectivity index (χ2v) is 6.82. The van der Waals surface area contributed by atoms with Gasteiger partial charge in [-0.15, -0.1) is 0 Å². The number of hydrogen-bond donors (Lipinski definition) is 3. The molecule has 0 radical (unpaired) electrons. The summed E-state index contributed by atoms with van der Waals surface area (Å²) in [6.07, 6.45) is 8.22. The average Bonchev–Trinajstić information content (AvgIpc) is 3.60. The first-order valence-electron chi connectivity index (χ1n) is 9.31. The van der Waals surface area contributed by atoms with Gasteiger partial charge < -0.3 is 10.2 Å². The maximum absolute atomic E-state index is 12.7. The average molecular weight is 384 g/mol. The molecular formula is C22H20N6O. The van der Waals surface area contributed by atoms with Crippen molar-refractivity contribution >= 4 is 23.8 Å². The van der Waals surface area contributed by atoms with Crippen LogP contribution in [0, 0.1) is 10.8 Å². The van der Waals surface area contributed by atoms with Crippen molar-refractivity contribution in [2.24, 2.45) is 0 Å². The Bertz CT molecular complexity index is 1060. The molecule has 0 spiro atoms. The first kappa shape index (κ1) is 18.5. The van der Waals surface area contributed by atoms with E-state index < -0.39 is 0 Å². The molecule has 7 heteroatoms. The van der Waals surface area contributed by atoms with Gasteiger partial charge >= 0.3 is 0 Å². The smallest absolute Gasteiger partial charge is 0.274 e. The summed E-state index contributed by atoms with van der Waals surface area (Å²) >= 11 is 0. The highest BCUT2D eigenvalue weighted by molar-refractivity contribution is 6.06. The molecule has 1 amide bonds. The number of nitrogens with zero attached hydrogens (tertiary/aromatic N) is 3. The third-order valence-electron chi connectivity index (χ3n) is 4.72. The molecule has 1 fully saturated rings. The van der Waals surface area contributed by atoms with Gasteiger partial charge in [0.25, 0.3) is 5.91 Å². The number of amidine groups is 1. The van der Waals surface area contributed by atoms with E-state index in [4.69, 9.17) is 10.8 Å². The molecular weight excluding hydrogens is 364 g/mol. The quantitative estimate of drug-likeness (QED) is 0.444. The molecule has 0 atom stereocenters. The number of carbonyl (C=O) groups is 1. The van der Waals surface area contributed by atoms with Crippen molar-refractivity contribution in [3.05, 3.63) is 78.4 Å². The van der Waals surface area contributed by atoms with Gasteiger partial charge in [0.2, 0.25) is 0 Å². The predicted octanol–water partition coefficient (Wildman–Crippen LogP) is 3.79. The molecule has 7 nitrogen and oxygen atoms in total. The Labute approximate surface area is 168 Å². The summed E-state index contributed by atoms with van der Waals surface area (Å²) in [5.41, 5.74) is 3.29. The summed E-state index contributed by atoms with van der Waals surface area (Å²) in [4.78, 5) is 22.6. The molecule has 4 rings (SSSR count). The number of pyridine rings is 2. The minimum atomic E-state index is -0.328. The van der Waals surface area contributed by atoms with Crippen LogP contribution in [0.4, 0.5) is 5.69 Å². The topological polar surface area (TPSA) is 106 Å². The van der Waals surface area contributed by atoms with Crippen molar-refractivity contribution in [3.63, 3.8) is 0 Å². The van der Waals surface area contributed by atoms with Crippen molar-refractivity contribution in [3.8, 4) is 11.1 Å². The second kappa shape index (κ2) is 8.02. The SMILES string of the molecule is N=CN(C(=N)c1cccc(NC(=O)c2cc(-c3cccnc3)ccn2)c1)C1CC1. The van der Waals surface area contributed by atoms with Crippen molar-refractivity contribution in [1.82, 2.24) is 14.9 Å². The lowest BCUT2D eigenvalue weighted by Gasteiger charge is -2.19. The van der Waals surface area contributed by atoms with E-state index in [0.717, 1.165) is 24.0 Å². The Morgan fingerprint density at radius 2 is 1.97 bits per heavy atom. The number of hydrogen-bond acceptors (Lipinski definition) is 5. The van der Waals surface area contributed by atoms with E-state index in [1.807, 2.05) is 18.2 Å². The standard InChI is InChI=1S/C22H20N6O/c23-14-28(19-6-7-19)21(24)16-3-1-5-18(11-16)27-22(29)20-12-15(8-10-26-20)17-4-2-9-25-13-17/h1-5,8-14,19,23-24H,6-7H2,(H,27,29). The van der Waals surface area contributed by atoms with Crippen molar-refractivity contribution in [1.29, 1.82) is 10.8 Å². The fourth-order valence-electron chi connectivity index (χ4n) is 3.06. The minimum Gasteiger partial charge on any atom is -0.321 e. The molecule has 0 saturated heterocycles. The zero-order valence-electron chi connectivity index (χ0n) is 15.7. The van der Waals surface area contributed by atoms with Gasteiger partial charge in [0, 0.05) is 41.4 Å². The largest absolute Gasteiger partial charge is 0.321 e. The normalized spacial score (nSPS) is 12.8. The van der Waals surface area contributed by atoms with Gasteiger partial charge in [0.15, 0.2) is 0 Å². The van der Waals surface area contributed by atoms with Crippen LogP contribution in [-0.4, -0.2) is 39.0 Å². The lowest BCUT2D eigenvalue weighted by Crippen LogP contribution is -2.31. The Morgan fingerprint density at radius 3 is 2.69 bits per heavy atom. The van der Waals surface area contributed by atoms with Gasteiger partial charge in [0.1, 0.15) is 11.5 Å². The van der Waals surface area contributed by atoms with Gasteiger partial charge in [-0.2, -0.15) is 0 Å². The highest BCUT2D eigenvalue weighted by Crippen LogP contribution is 2.27. The van der Waals surface area contributed by atoms with Crippen LogP contribution in [0.2, 0.25) is 0 Å². The third kappa shape index (κ3) is 4.19. The van der Waals surface area contributed by atoms with E-state index in [0.29, 0.717) is 16.9 Å². The maximum atomic E-state index is 12.7. The van der Waals surface area contributed by atoms with Gasteiger partial charge in [-0.1, -0.05) is 18.2 Å². The van der Waals surface area contributed by atoms with Crippen LogP contribution < -0.4 is 5.32 Å². The summed E-state index contributed by atoms with van der Waals surface area (Å²) in [6, 6.07) is 14.7. The highest BCUT2D eigenvalue weighted by Gasteiger charge is 2.30. The van der Waals surface area contributed by atoms with E-state index in [2.05, 4.69) is 15.3 Å². The van der Waals surface area contributed by atoms with E-state index in [9.17, 15) is 4.79 Å². The molecule has 3 N–H and O–H groups in total. The molecule has 2 aromatic heterocycles. The lowest BCUT2D eigenvalue weighted by molar-refractivity contribution is 0.102. The van der Waals surface area contributed by atoms with Crippen LogP contribution in [-0.2, 0) is 0 Å². The minimum absolute atomic E-state index is 0.234. The van der Waals surface area contributed by atoms with Crippen molar-refractivity contribution in [2.75, 3.05) is 5.32 Å². The number of rotatable bonds is 6. The molecule has 1 aliphatic carbocycles. The predicted molar refractivity (Wildman–Crippen MR) is 112 cm³/mol. The van der Waals surface area contributed by atoms with Gasteiger partial charge in [-0.05, 0) is 48.7 Å². The zero-order valence-corrected chi connectivity index (χ0v) is 15.7. The number of aromatic nitrogens is 2. The number of nitrogens with one attached hydrogen (secondary N) is 3. The number of amides is 1. The molecule has 144 valence electrons. The third-order valence-corrected chi connectivity index (χ3v) is 4.72. The Hall–Kier alpha value is -3.87. The number of benzene rings is 1. The molecule has 1 aliphatic rings. The zero-order chi connectivity index (χ0) is 20.2. The molecule has 3 aromatic rings. The van der Waals surface area contributed by atoms with Crippen molar-refractivity contribution in [2.45, 2.75) is 18.9 Å². The Balaban J connectivity index is 1.52. The molecule has 2 heterocycles. The molecule has 1 saturated carbocycles. The summed E-state index contributed by atoms with van der Waals surface area (Å²) in [6.45, 7) is 0. The van der Waals surface area contributed by atoms with Gasteiger partial charge in [-0.3, -0.25) is 25.6 Å². The first-order valence-corrected chi connectivity index (χ1v) is 9.31. The molecule has 0 bridgehead atoms. The summed E-state index contributed by atoms with van der Waals surface area (Å²) in [5.74, 6) is -0.0687. The second-order valence-electron chi connectivity index (χ2n) is 6.82. The van der Waals surface area contributed by atoms with Crippen LogP contribution in [0.25, 0.3) is 11.1 Å². The van der Waals surface area contributed by atoms with Gasteiger partial charge in [-0.25, -0.2) is 0 Å². The van der Waals surface area contributed by atoms with Crippen LogP contribution in [0.1, 0.15) is 28.9 Å². The number of carbonyl (C=O) groups excluding carboxylic acids is 1. The molecule has 29 heavy (non-hydrogen) atoms. The van der Waals surface area contributed by atoms with Crippen LogP contribution in [0.15, 0.2) is 67.1 Å². The van der Waals surface area contributed by atoms with Gasteiger partial charge in [0.05, 0.1) is 6.34 Å². The summed E-state index contributed by atoms with van der Waals surface area (Å²) < 4.78 is 0. The molecule has 0 aliphatic heterocycles. The van der Waals surface area contributed by atoms with Crippen molar-refractivity contribution < 1.29 is 4.79 Å². The fourth-order valence-corrected chi connectivity index (χ4v) is 3.06. The lowest BCUT2D eigenvalue weighted by atomic mass is 10.1. The van der Waals surface area contributed by atoms with E-state index in [1.165, 1.54) is 6.34 Å². The Kier molecular flexibility index (Phi) is 5.11. The monoisotopic (exact) mass is 384 g/mol. The van der Waals surface area contributed by atoms with E-state index in [-0.39, 0.29) is 17.8 Å².